The van der Waals surface area contributed by atoms with Crippen LogP contribution in [0.4, 0.5) is 17.2 Å². The predicted molar refractivity (Wildman–Crippen MR) is 77.0 cm³/mol. The second kappa shape index (κ2) is 4.22. The van der Waals surface area contributed by atoms with Gasteiger partial charge in [0.05, 0.1) is 24.3 Å². The van der Waals surface area contributed by atoms with E-state index in [-0.39, 0.29) is 23.3 Å². The smallest absolute Gasteiger partial charge is 0.238 e. The Morgan fingerprint density at radius 2 is 2.05 bits per heavy atom. The molecule has 5 N–H and O–H groups in total. The minimum Gasteiger partial charge on any atom is -0.493 e. The summed E-state index contributed by atoms with van der Waals surface area (Å²) in [6.45, 7) is 0. The Kier molecular flexibility index (Phi) is 2.34. The van der Waals surface area contributed by atoms with Crippen molar-refractivity contribution in [1.82, 2.24) is 29.2 Å². The number of fused-ring (bicyclic) bond motifs is 2. The average Bonchev–Trinajstić information content (AvgIpc) is 3.07. The summed E-state index contributed by atoms with van der Waals surface area (Å²) in [4.78, 5) is 8.22. The lowest BCUT2D eigenvalue weighted by Crippen LogP contribution is -2.01. The molecule has 110 valence electrons. The molecule has 10 nitrogen and oxygen atoms in total. The molecule has 4 rings (SSSR count). The van der Waals surface area contributed by atoms with Gasteiger partial charge < -0.3 is 21.3 Å². The summed E-state index contributed by atoms with van der Waals surface area (Å²) in [6, 6.07) is 3.01. The standard InChI is InChI=1S/C12H10N8O2/c13-6-4-15-20-10(21)3-8(17-11(6)20)16-7-5-19-9(1-2-14-19)18-12(7)22/h1-5,21H,13H2,(H,16,17)(H,18,22). The molecule has 0 saturated heterocycles. The van der Waals surface area contributed by atoms with Gasteiger partial charge in [-0.2, -0.15) is 19.7 Å². The lowest BCUT2D eigenvalue weighted by Gasteiger charge is -2.08. The Balaban J connectivity index is 1.81. The number of aromatic nitrogens is 6. The van der Waals surface area contributed by atoms with Crippen molar-refractivity contribution >= 4 is 28.5 Å². The first-order chi connectivity index (χ1) is 10.6. The van der Waals surface area contributed by atoms with Crippen LogP contribution >= 0.6 is 0 Å². The Hall–Kier alpha value is -3.56. The Morgan fingerprint density at radius 3 is 2.91 bits per heavy atom. The van der Waals surface area contributed by atoms with Gasteiger partial charge >= 0.3 is 0 Å². The number of anilines is 3. The third-order valence-corrected chi connectivity index (χ3v) is 3.11. The molecule has 0 saturated carbocycles. The summed E-state index contributed by atoms with van der Waals surface area (Å²) in [5.74, 6) is -0.0757. The van der Waals surface area contributed by atoms with Gasteiger partial charge in [-0.05, 0) is 0 Å². The summed E-state index contributed by atoms with van der Waals surface area (Å²) in [6.07, 6.45) is 4.51. The minimum absolute atomic E-state index is 0.142. The highest BCUT2D eigenvalue weighted by Crippen LogP contribution is 2.27. The van der Waals surface area contributed by atoms with Crippen LogP contribution in [0, 0.1) is 0 Å². The highest BCUT2D eigenvalue weighted by molar-refractivity contribution is 5.70. The lowest BCUT2D eigenvalue weighted by molar-refractivity contribution is 0.435. The molecule has 22 heavy (non-hydrogen) atoms. The lowest BCUT2D eigenvalue weighted by atomic mass is 10.4. The van der Waals surface area contributed by atoms with Crippen molar-refractivity contribution in [2.45, 2.75) is 0 Å². The summed E-state index contributed by atoms with van der Waals surface area (Å²) in [5, 5.41) is 30.6. The van der Waals surface area contributed by atoms with Crippen molar-refractivity contribution in [3.63, 3.8) is 0 Å². The maximum absolute atomic E-state index is 9.94. The van der Waals surface area contributed by atoms with Gasteiger partial charge in [-0.1, -0.05) is 0 Å². The molecule has 0 aliphatic heterocycles. The van der Waals surface area contributed by atoms with E-state index in [4.69, 9.17) is 5.73 Å². The molecule has 4 aromatic rings. The van der Waals surface area contributed by atoms with Gasteiger partial charge in [0, 0.05) is 12.1 Å². The van der Waals surface area contributed by atoms with Crippen LogP contribution in [0.15, 0.2) is 30.7 Å². The average molecular weight is 298 g/mol. The topological polar surface area (TPSA) is 139 Å². The number of nitrogens with one attached hydrogen (secondary N) is 1. The second-order valence-corrected chi connectivity index (χ2v) is 4.57. The first-order valence-corrected chi connectivity index (χ1v) is 6.25. The normalized spacial score (nSPS) is 11.3. The zero-order chi connectivity index (χ0) is 15.3. The van der Waals surface area contributed by atoms with Crippen LogP contribution in [0.1, 0.15) is 0 Å². The molecule has 10 heteroatoms. The Bertz CT molecular complexity index is 1010. The van der Waals surface area contributed by atoms with Gasteiger partial charge in [-0.25, -0.2) is 9.50 Å². The fourth-order valence-electron chi connectivity index (χ4n) is 2.10. The van der Waals surface area contributed by atoms with Crippen LogP contribution < -0.4 is 11.1 Å². The number of nitrogens with zero attached hydrogens (tertiary/aromatic N) is 6. The SMILES string of the molecule is Nc1cnn2c(O)cc(Nc3cn4nccc4nc3O)nc12. The van der Waals surface area contributed by atoms with E-state index in [0.717, 1.165) is 0 Å². The zero-order valence-electron chi connectivity index (χ0n) is 11.0. The van der Waals surface area contributed by atoms with Crippen molar-refractivity contribution in [3.8, 4) is 11.8 Å². The van der Waals surface area contributed by atoms with Crippen molar-refractivity contribution in [3.05, 3.63) is 30.7 Å². The molecule has 0 aliphatic carbocycles. The number of nitrogen functional groups attached to an aromatic ring is 1. The third-order valence-electron chi connectivity index (χ3n) is 3.11. The van der Waals surface area contributed by atoms with Crippen LogP contribution in [0.5, 0.6) is 11.8 Å². The van der Waals surface area contributed by atoms with E-state index < -0.39 is 0 Å². The molecule has 0 fully saturated rings. The molecular weight excluding hydrogens is 288 g/mol. The van der Waals surface area contributed by atoms with Gasteiger partial charge in [0.1, 0.15) is 11.5 Å². The maximum atomic E-state index is 9.94. The molecule has 0 radical (unpaired) electrons. The van der Waals surface area contributed by atoms with E-state index in [2.05, 4.69) is 25.5 Å². The van der Waals surface area contributed by atoms with Crippen molar-refractivity contribution < 1.29 is 10.2 Å². The van der Waals surface area contributed by atoms with Crippen molar-refractivity contribution in [2.75, 3.05) is 11.1 Å². The van der Waals surface area contributed by atoms with Crippen LogP contribution in [0.2, 0.25) is 0 Å². The minimum atomic E-state index is -0.212. The van der Waals surface area contributed by atoms with E-state index in [1.807, 2.05) is 0 Å². The fourth-order valence-corrected chi connectivity index (χ4v) is 2.10. The van der Waals surface area contributed by atoms with Crippen LogP contribution in [0.3, 0.4) is 0 Å². The second-order valence-electron chi connectivity index (χ2n) is 4.57. The summed E-state index contributed by atoms with van der Waals surface area (Å²) in [7, 11) is 0. The number of nitrogens with two attached hydrogens (primary N) is 1. The Morgan fingerprint density at radius 1 is 1.18 bits per heavy atom. The molecule has 0 unspecified atom stereocenters. The number of aromatic hydroxyl groups is 2. The summed E-state index contributed by atoms with van der Waals surface area (Å²) < 4.78 is 2.70. The Labute approximate surface area is 122 Å². The van der Waals surface area contributed by atoms with Crippen LogP contribution in [-0.4, -0.2) is 39.4 Å². The van der Waals surface area contributed by atoms with Crippen LogP contribution in [0.25, 0.3) is 11.3 Å². The van der Waals surface area contributed by atoms with E-state index in [1.165, 1.54) is 21.3 Å². The van der Waals surface area contributed by atoms with Gasteiger partial charge in [-0.15, -0.1) is 0 Å². The molecule has 0 spiro atoms. The predicted octanol–water partition coefficient (Wildman–Crippen LogP) is 0.509. The monoisotopic (exact) mass is 298 g/mol. The fraction of sp³-hybridized carbons (Fsp3) is 0. The zero-order valence-corrected chi connectivity index (χ0v) is 11.0. The number of hydrogen-bond donors (Lipinski definition) is 4. The van der Waals surface area contributed by atoms with Gasteiger partial charge in [0.2, 0.25) is 11.8 Å². The third kappa shape index (κ3) is 1.74. The summed E-state index contributed by atoms with van der Waals surface area (Å²) in [5.41, 5.74) is 7.15. The van der Waals surface area contributed by atoms with Gasteiger partial charge in [0.25, 0.3) is 0 Å². The number of rotatable bonds is 2. The highest BCUT2D eigenvalue weighted by atomic mass is 16.3. The molecule has 0 aliphatic rings. The van der Waals surface area contributed by atoms with E-state index in [9.17, 15) is 10.2 Å². The first kappa shape index (κ1) is 12.2. The quantitative estimate of drug-likeness (QED) is 0.420. The molecule has 0 amide bonds. The van der Waals surface area contributed by atoms with E-state index >= 15 is 0 Å². The van der Waals surface area contributed by atoms with Crippen molar-refractivity contribution in [1.29, 1.82) is 0 Å². The molecule has 4 heterocycles. The molecule has 0 atom stereocenters. The van der Waals surface area contributed by atoms with E-state index in [0.29, 0.717) is 17.0 Å². The first-order valence-electron chi connectivity index (χ1n) is 6.25. The molecular formula is C12H10N8O2. The van der Waals surface area contributed by atoms with Crippen molar-refractivity contribution in [2.24, 2.45) is 0 Å². The molecule has 0 aromatic carbocycles. The molecule has 0 bridgehead atoms. The van der Waals surface area contributed by atoms with E-state index in [1.54, 1.807) is 18.5 Å². The maximum Gasteiger partial charge on any atom is 0.238 e. The van der Waals surface area contributed by atoms with Crippen LogP contribution in [-0.2, 0) is 0 Å². The van der Waals surface area contributed by atoms with Gasteiger partial charge in [-0.3, -0.25) is 0 Å². The summed E-state index contributed by atoms with van der Waals surface area (Å²) >= 11 is 0. The molecule has 4 aromatic heterocycles. The number of hydrogen-bond acceptors (Lipinski definition) is 8. The highest BCUT2D eigenvalue weighted by Gasteiger charge is 2.12. The largest absolute Gasteiger partial charge is 0.493 e. The van der Waals surface area contributed by atoms with Gasteiger partial charge in [0.15, 0.2) is 11.3 Å².